The van der Waals surface area contributed by atoms with Crippen molar-refractivity contribution in [1.82, 2.24) is 10.3 Å². The molecule has 0 saturated carbocycles. The van der Waals surface area contributed by atoms with Gasteiger partial charge in [-0.1, -0.05) is 24.3 Å². The van der Waals surface area contributed by atoms with Gasteiger partial charge in [0.05, 0.1) is 0 Å². The molecule has 0 spiro atoms. The SMILES string of the molecule is O=C(O)CCC(NC(=O)c1ccc2c(c1)[nH]c(=O)c1ccccc12)C(=O)O. The minimum absolute atomic E-state index is 0.162. The minimum Gasteiger partial charge on any atom is -0.481 e. The lowest BCUT2D eigenvalue weighted by atomic mass is 10.0. The fraction of sp³-hybridized carbons (Fsp3) is 0.158. The van der Waals surface area contributed by atoms with Crippen molar-refractivity contribution in [2.45, 2.75) is 18.9 Å². The molecule has 8 nitrogen and oxygen atoms in total. The van der Waals surface area contributed by atoms with Crippen molar-refractivity contribution in [3.05, 3.63) is 58.4 Å². The van der Waals surface area contributed by atoms with Gasteiger partial charge in [0.25, 0.3) is 11.5 Å². The number of carbonyl (C=O) groups excluding carboxylic acids is 1. The molecule has 0 aliphatic rings. The summed E-state index contributed by atoms with van der Waals surface area (Å²) < 4.78 is 0. The van der Waals surface area contributed by atoms with E-state index in [2.05, 4.69) is 10.3 Å². The van der Waals surface area contributed by atoms with Crippen LogP contribution in [-0.2, 0) is 9.59 Å². The second-order valence-electron chi connectivity index (χ2n) is 6.06. The van der Waals surface area contributed by atoms with Gasteiger partial charge in [0, 0.05) is 28.3 Å². The first kappa shape index (κ1) is 18.1. The first-order valence-corrected chi connectivity index (χ1v) is 8.17. The molecule has 1 aromatic heterocycles. The average Bonchev–Trinajstić information content (AvgIpc) is 2.64. The van der Waals surface area contributed by atoms with Gasteiger partial charge in [0.1, 0.15) is 6.04 Å². The number of amides is 1. The van der Waals surface area contributed by atoms with Gasteiger partial charge >= 0.3 is 11.9 Å². The van der Waals surface area contributed by atoms with E-state index in [1.165, 1.54) is 12.1 Å². The maximum Gasteiger partial charge on any atom is 0.326 e. The summed E-state index contributed by atoms with van der Waals surface area (Å²) in [4.78, 5) is 49.2. The highest BCUT2D eigenvalue weighted by atomic mass is 16.4. The van der Waals surface area contributed by atoms with Crippen LogP contribution in [0.2, 0.25) is 0 Å². The summed E-state index contributed by atoms with van der Waals surface area (Å²) in [5.74, 6) is -3.13. The third kappa shape index (κ3) is 3.79. The molecule has 1 amide bonds. The second kappa shape index (κ2) is 7.28. The summed E-state index contributed by atoms with van der Waals surface area (Å²) in [6.07, 6.45) is -0.611. The molecular formula is C19H16N2O6. The number of hydrogen-bond acceptors (Lipinski definition) is 4. The number of rotatable bonds is 6. The van der Waals surface area contributed by atoms with Gasteiger partial charge in [0.15, 0.2) is 0 Å². The predicted octanol–water partition coefficient (Wildman–Crippen LogP) is 1.73. The Morgan fingerprint density at radius 1 is 1.00 bits per heavy atom. The van der Waals surface area contributed by atoms with Crippen LogP contribution < -0.4 is 10.9 Å². The van der Waals surface area contributed by atoms with Gasteiger partial charge in [-0.3, -0.25) is 14.4 Å². The van der Waals surface area contributed by atoms with Crippen LogP contribution in [0.15, 0.2) is 47.3 Å². The number of aromatic nitrogens is 1. The molecule has 3 aromatic rings. The molecule has 1 atom stereocenters. The smallest absolute Gasteiger partial charge is 0.326 e. The van der Waals surface area contributed by atoms with E-state index in [0.29, 0.717) is 10.9 Å². The summed E-state index contributed by atoms with van der Waals surface area (Å²) in [6.45, 7) is 0. The van der Waals surface area contributed by atoms with Gasteiger partial charge in [-0.15, -0.1) is 0 Å². The highest BCUT2D eigenvalue weighted by molar-refractivity contribution is 6.07. The van der Waals surface area contributed by atoms with Crippen LogP contribution in [0.1, 0.15) is 23.2 Å². The lowest BCUT2D eigenvalue weighted by molar-refractivity contribution is -0.140. The van der Waals surface area contributed by atoms with Crippen molar-refractivity contribution < 1.29 is 24.6 Å². The Balaban J connectivity index is 1.93. The van der Waals surface area contributed by atoms with Crippen LogP contribution in [0.25, 0.3) is 21.7 Å². The fourth-order valence-corrected chi connectivity index (χ4v) is 2.90. The number of carbonyl (C=O) groups is 3. The highest BCUT2D eigenvalue weighted by Crippen LogP contribution is 2.22. The fourth-order valence-electron chi connectivity index (χ4n) is 2.90. The Kier molecular flexibility index (Phi) is 4.89. The third-order valence-electron chi connectivity index (χ3n) is 4.24. The number of benzene rings is 2. The van der Waals surface area contributed by atoms with E-state index in [-0.39, 0.29) is 24.0 Å². The normalized spacial score (nSPS) is 12.0. The zero-order valence-electron chi connectivity index (χ0n) is 14.1. The summed E-state index contributed by atoms with van der Waals surface area (Å²) in [7, 11) is 0. The van der Waals surface area contributed by atoms with E-state index in [4.69, 9.17) is 10.2 Å². The molecule has 0 aliphatic carbocycles. The van der Waals surface area contributed by atoms with Crippen molar-refractivity contribution >= 4 is 39.5 Å². The average molecular weight is 368 g/mol. The number of pyridine rings is 1. The van der Waals surface area contributed by atoms with Crippen molar-refractivity contribution in [2.24, 2.45) is 0 Å². The topological polar surface area (TPSA) is 137 Å². The molecule has 2 aromatic carbocycles. The van der Waals surface area contributed by atoms with E-state index >= 15 is 0 Å². The first-order chi connectivity index (χ1) is 12.9. The van der Waals surface area contributed by atoms with Crippen LogP contribution in [0.3, 0.4) is 0 Å². The first-order valence-electron chi connectivity index (χ1n) is 8.17. The van der Waals surface area contributed by atoms with Crippen molar-refractivity contribution in [1.29, 1.82) is 0 Å². The molecule has 0 aliphatic heterocycles. The number of hydrogen-bond donors (Lipinski definition) is 4. The maximum absolute atomic E-state index is 12.4. The van der Waals surface area contributed by atoms with Crippen LogP contribution in [-0.4, -0.2) is 39.1 Å². The molecule has 4 N–H and O–H groups in total. The molecule has 0 bridgehead atoms. The summed E-state index contributed by atoms with van der Waals surface area (Å²) in [5.41, 5.74) is 0.319. The quantitative estimate of drug-likeness (QED) is 0.489. The van der Waals surface area contributed by atoms with Gasteiger partial charge in [0.2, 0.25) is 0 Å². The molecule has 8 heteroatoms. The summed E-state index contributed by atoms with van der Waals surface area (Å²) in [5, 5.41) is 22.2. The number of nitrogens with one attached hydrogen (secondary N) is 2. The van der Waals surface area contributed by atoms with E-state index in [0.717, 1.165) is 10.8 Å². The number of fused-ring (bicyclic) bond motifs is 3. The van der Waals surface area contributed by atoms with Crippen molar-refractivity contribution in [3.8, 4) is 0 Å². The predicted molar refractivity (Wildman–Crippen MR) is 97.8 cm³/mol. The zero-order chi connectivity index (χ0) is 19.6. The molecule has 1 heterocycles. The van der Waals surface area contributed by atoms with Gasteiger partial charge in [-0.25, -0.2) is 4.79 Å². The molecule has 3 rings (SSSR count). The van der Waals surface area contributed by atoms with Crippen LogP contribution >= 0.6 is 0 Å². The van der Waals surface area contributed by atoms with Crippen LogP contribution in [0.5, 0.6) is 0 Å². The highest BCUT2D eigenvalue weighted by Gasteiger charge is 2.22. The minimum atomic E-state index is -1.32. The van der Waals surface area contributed by atoms with E-state index in [1.807, 2.05) is 6.07 Å². The summed E-state index contributed by atoms with van der Waals surface area (Å²) >= 11 is 0. The number of H-pyrrole nitrogens is 1. The third-order valence-corrected chi connectivity index (χ3v) is 4.24. The van der Waals surface area contributed by atoms with Gasteiger partial charge in [-0.2, -0.15) is 0 Å². The second-order valence-corrected chi connectivity index (χ2v) is 6.06. The van der Waals surface area contributed by atoms with Crippen molar-refractivity contribution in [3.63, 3.8) is 0 Å². The summed E-state index contributed by atoms with van der Waals surface area (Å²) in [6, 6.07) is 10.4. The lowest BCUT2D eigenvalue weighted by Crippen LogP contribution is -2.41. The molecule has 1 unspecified atom stereocenters. The van der Waals surface area contributed by atoms with E-state index in [9.17, 15) is 19.2 Å². The monoisotopic (exact) mass is 368 g/mol. The molecule has 0 radical (unpaired) electrons. The van der Waals surface area contributed by atoms with Crippen LogP contribution in [0.4, 0.5) is 0 Å². The molecular weight excluding hydrogens is 352 g/mol. The molecule has 0 saturated heterocycles. The molecule has 0 fully saturated rings. The Morgan fingerprint density at radius 3 is 2.37 bits per heavy atom. The Hall–Kier alpha value is -3.68. The largest absolute Gasteiger partial charge is 0.481 e. The Bertz CT molecular complexity index is 1120. The van der Waals surface area contributed by atoms with E-state index < -0.39 is 23.9 Å². The number of aliphatic carboxylic acids is 2. The van der Waals surface area contributed by atoms with Crippen LogP contribution in [0, 0.1) is 0 Å². The van der Waals surface area contributed by atoms with Gasteiger partial charge in [-0.05, 0) is 30.0 Å². The molecule has 27 heavy (non-hydrogen) atoms. The zero-order valence-corrected chi connectivity index (χ0v) is 14.1. The van der Waals surface area contributed by atoms with Gasteiger partial charge < -0.3 is 20.5 Å². The standard InChI is InChI=1S/C19H16N2O6/c22-16(23)8-7-14(19(26)27)20-17(24)10-5-6-12-11-3-1-2-4-13(11)18(25)21-15(12)9-10/h1-6,9,14H,7-8H2,(H,20,24)(H,21,25)(H,22,23)(H,26,27). The lowest BCUT2D eigenvalue weighted by Gasteiger charge is -2.14. The Morgan fingerprint density at radius 2 is 1.70 bits per heavy atom. The van der Waals surface area contributed by atoms with Crippen molar-refractivity contribution in [2.75, 3.05) is 0 Å². The number of carboxylic acids is 2. The Labute approximate surface area is 152 Å². The molecule has 138 valence electrons. The number of aromatic amines is 1. The number of carboxylic acid groups (broad SMARTS) is 2. The van der Waals surface area contributed by atoms with E-state index in [1.54, 1.807) is 24.3 Å². The maximum atomic E-state index is 12.4.